The molecule has 1 unspecified atom stereocenters. The summed E-state index contributed by atoms with van der Waals surface area (Å²) in [4.78, 5) is 2.55. The lowest BCUT2D eigenvalue weighted by Gasteiger charge is -2.32. The molecule has 1 atom stereocenters. The van der Waals surface area contributed by atoms with Crippen molar-refractivity contribution in [1.29, 1.82) is 0 Å². The van der Waals surface area contributed by atoms with Crippen LogP contribution in [-0.2, 0) is 4.74 Å². The highest BCUT2D eigenvalue weighted by Crippen LogP contribution is 2.22. The molecule has 0 bridgehead atoms. The second-order valence-electron chi connectivity index (χ2n) is 5.91. The van der Waals surface area contributed by atoms with Crippen LogP contribution in [0.4, 0.5) is 0 Å². The van der Waals surface area contributed by atoms with Gasteiger partial charge in [-0.3, -0.25) is 4.90 Å². The molecule has 0 radical (unpaired) electrons. The molecule has 0 aromatic rings. The maximum atomic E-state index is 5.70. The fourth-order valence-electron chi connectivity index (χ4n) is 3.17. The van der Waals surface area contributed by atoms with E-state index >= 15 is 0 Å². The normalized spacial score (nSPS) is 27.5. The van der Waals surface area contributed by atoms with Crippen molar-refractivity contribution in [2.75, 3.05) is 39.3 Å². The van der Waals surface area contributed by atoms with Crippen molar-refractivity contribution < 1.29 is 4.74 Å². The van der Waals surface area contributed by atoms with Crippen molar-refractivity contribution in [3.63, 3.8) is 0 Å². The number of nitrogens with one attached hydrogen (secondary N) is 1. The summed E-state index contributed by atoms with van der Waals surface area (Å²) in [6.07, 6.45) is 8.87. The molecule has 18 heavy (non-hydrogen) atoms. The molecule has 1 saturated carbocycles. The first-order valence-electron chi connectivity index (χ1n) is 7.93. The highest BCUT2D eigenvalue weighted by Gasteiger charge is 2.18. The van der Waals surface area contributed by atoms with Crippen molar-refractivity contribution in [3.05, 3.63) is 0 Å². The van der Waals surface area contributed by atoms with Gasteiger partial charge in [-0.15, -0.1) is 0 Å². The van der Waals surface area contributed by atoms with Gasteiger partial charge in [0, 0.05) is 26.2 Å². The molecule has 3 heteroatoms. The third kappa shape index (κ3) is 4.87. The zero-order chi connectivity index (χ0) is 12.6. The van der Waals surface area contributed by atoms with Crippen molar-refractivity contribution in [2.45, 2.75) is 51.6 Å². The molecule has 106 valence electrons. The molecule has 2 fully saturated rings. The number of rotatable bonds is 6. The Morgan fingerprint density at radius 3 is 2.83 bits per heavy atom. The van der Waals surface area contributed by atoms with Gasteiger partial charge >= 0.3 is 0 Å². The van der Waals surface area contributed by atoms with Crippen LogP contribution >= 0.6 is 0 Å². The van der Waals surface area contributed by atoms with E-state index in [1.807, 2.05) is 0 Å². The first-order valence-corrected chi connectivity index (χ1v) is 7.93. The summed E-state index contributed by atoms with van der Waals surface area (Å²) in [7, 11) is 0. The number of hydrogen-bond acceptors (Lipinski definition) is 3. The van der Waals surface area contributed by atoms with Crippen LogP contribution in [0.1, 0.15) is 45.4 Å². The van der Waals surface area contributed by atoms with E-state index in [0.717, 1.165) is 38.6 Å². The van der Waals surface area contributed by atoms with Gasteiger partial charge in [0.15, 0.2) is 0 Å². The second-order valence-corrected chi connectivity index (χ2v) is 5.91. The maximum absolute atomic E-state index is 5.70. The molecule has 1 heterocycles. The van der Waals surface area contributed by atoms with Crippen molar-refractivity contribution in [3.8, 4) is 0 Å². The van der Waals surface area contributed by atoms with Gasteiger partial charge < -0.3 is 10.1 Å². The van der Waals surface area contributed by atoms with E-state index in [-0.39, 0.29) is 0 Å². The van der Waals surface area contributed by atoms with E-state index in [2.05, 4.69) is 17.1 Å². The van der Waals surface area contributed by atoms with Gasteiger partial charge in [0.25, 0.3) is 0 Å². The Morgan fingerprint density at radius 1 is 1.22 bits per heavy atom. The van der Waals surface area contributed by atoms with Gasteiger partial charge in [-0.05, 0) is 31.7 Å². The fraction of sp³-hybridized carbons (Fsp3) is 1.00. The highest BCUT2D eigenvalue weighted by molar-refractivity contribution is 4.72. The summed E-state index contributed by atoms with van der Waals surface area (Å²) in [5.74, 6) is 0.951. The van der Waals surface area contributed by atoms with Crippen LogP contribution in [0.2, 0.25) is 0 Å². The van der Waals surface area contributed by atoms with Gasteiger partial charge in [0.05, 0.1) is 12.7 Å². The maximum Gasteiger partial charge on any atom is 0.0700 e. The van der Waals surface area contributed by atoms with E-state index < -0.39 is 0 Å². The minimum atomic E-state index is 0.470. The van der Waals surface area contributed by atoms with Crippen LogP contribution in [0.25, 0.3) is 0 Å². The molecule has 1 saturated heterocycles. The lowest BCUT2D eigenvalue weighted by molar-refractivity contribution is -0.0291. The topological polar surface area (TPSA) is 24.5 Å². The molecule has 3 nitrogen and oxygen atoms in total. The average molecular weight is 254 g/mol. The molecule has 0 amide bonds. The number of nitrogens with zero attached hydrogens (tertiary/aromatic N) is 1. The Morgan fingerprint density at radius 2 is 2.06 bits per heavy atom. The quantitative estimate of drug-likeness (QED) is 0.736. The van der Waals surface area contributed by atoms with E-state index in [1.54, 1.807) is 0 Å². The van der Waals surface area contributed by atoms with Crippen LogP contribution in [0.15, 0.2) is 0 Å². The predicted octanol–water partition coefficient (Wildman–Crippen LogP) is 2.27. The van der Waals surface area contributed by atoms with Crippen molar-refractivity contribution >= 4 is 0 Å². The summed E-state index contributed by atoms with van der Waals surface area (Å²) in [5.41, 5.74) is 0. The van der Waals surface area contributed by atoms with E-state index in [1.165, 1.54) is 45.2 Å². The van der Waals surface area contributed by atoms with Crippen LogP contribution < -0.4 is 5.32 Å². The summed E-state index contributed by atoms with van der Waals surface area (Å²) < 4.78 is 5.70. The minimum Gasteiger partial charge on any atom is -0.376 e. The van der Waals surface area contributed by atoms with Crippen LogP contribution in [0.5, 0.6) is 0 Å². The first-order chi connectivity index (χ1) is 8.88. The Bertz CT molecular complexity index is 217. The smallest absolute Gasteiger partial charge is 0.0700 e. The summed E-state index contributed by atoms with van der Waals surface area (Å²) in [6.45, 7) is 8.95. The van der Waals surface area contributed by atoms with E-state index in [9.17, 15) is 0 Å². The molecule has 1 aliphatic heterocycles. The van der Waals surface area contributed by atoms with Gasteiger partial charge in [-0.2, -0.15) is 0 Å². The van der Waals surface area contributed by atoms with Crippen LogP contribution in [-0.4, -0.2) is 50.3 Å². The molecule has 1 aliphatic carbocycles. The largest absolute Gasteiger partial charge is 0.376 e. The third-order valence-electron chi connectivity index (χ3n) is 4.44. The monoisotopic (exact) mass is 254 g/mol. The summed E-state index contributed by atoms with van der Waals surface area (Å²) in [5, 5.41) is 3.65. The van der Waals surface area contributed by atoms with Crippen LogP contribution in [0, 0.1) is 5.92 Å². The lowest BCUT2D eigenvalue weighted by Crippen LogP contribution is -2.45. The molecule has 1 N–H and O–H groups in total. The van der Waals surface area contributed by atoms with Gasteiger partial charge in [0.2, 0.25) is 0 Å². The van der Waals surface area contributed by atoms with Crippen molar-refractivity contribution in [2.24, 2.45) is 5.92 Å². The van der Waals surface area contributed by atoms with Gasteiger partial charge in [-0.1, -0.05) is 26.2 Å². The third-order valence-corrected chi connectivity index (χ3v) is 4.44. The average Bonchev–Trinajstić information content (AvgIpc) is 2.45. The Hall–Kier alpha value is -0.120. The Kier molecular flexibility index (Phi) is 6.46. The number of morpholine rings is 1. The van der Waals surface area contributed by atoms with Crippen molar-refractivity contribution in [1.82, 2.24) is 10.2 Å². The number of hydrogen-bond donors (Lipinski definition) is 1. The lowest BCUT2D eigenvalue weighted by atomic mass is 9.89. The molecular weight excluding hydrogens is 224 g/mol. The SMILES string of the molecule is CCC1CN(CCNCC2CCCCC2)CCO1. The molecule has 2 rings (SSSR count). The van der Waals surface area contributed by atoms with E-state index in [4.69, 9.17) is 4.74 Å². The zero-order valence-electron chi connectivity index (χ0n) is 12.0. The molecule has 2 aliphatic rings. The first kappa shape index (κ1) is 14.3. The predicted molar refractivity (Wildman–Crippen MR) is 75.9 cm³/mol. The standard InChI is InChI=1S/C15H30N2O/c1-2-15-13-17(10-11-18-15)9-8-16-12-14-6-4-3-5-7-14/h14-16H,2-13H2,1H3. The molecular formula is C15H30N2O. The summed E-state index contributed by atoms with van der Waals surface area (Å²) in [6, 6.07) is 0. The fourth-order valence-corrected chi connectivity index (χ4v) is 3.17. The second kappa shape index (κ2) is 8.13. The van der Waals surface area contributed by atoms with Crippen LogP contribution in [0.3, 0.4) is 0 Å². The Labute approximate surface area is 112 Å². The van der Waals surface area contributed by atoms with Gasteiger partial charge in [0.1, 0.15) is 0 Å². The highest BCUT2D eigenvalue weighted by atomic mass is 16.5. The Balaban J connectivity index is 1.52. The van der Waals surface area contributed by atoms with E-state index in [0.29, 0.717) is 6.10 Å². The molecule has 0 spiro atoms. The summed E-state index contributed by atoms with van der Waals surface area (Å²) >= 11 is 0. The van der Waals surface area contributed by atoms with Gasteiger partial charge in [-0.25, -0.2) is 0 Å². The number of ether oxygens (including phenoxy) is 1. The molecule has 0 aromatic heterocycles. The zero-order valence-corrected chi connectivity index (χ0v) is 12.0. The molecule has 0 aromatic carbocycles. The minimum absolute atomic E-state index is 0.470.